The van der Waals surface area contributed by atoms with Crippen LogP contribution in [0.15, 0.2) is 0 Å². The zero-order valence-electron chi connectivity index (χ0n) is 13.2. The molecule has 1 amide bonds. The summed E-state index contributed by atoms with van der Waals surface area (Å²) in [6.07, 6.45) is 8.09. The Kier molecular flexibility index (Phi) is 6.30. The minimum atomic E-state index is 0.127. The van der Waals surface area contributed by atoms with Gasteiger partial charge in [-0.15, -0.1) is 0 Å². The number of nitrogens with zero attached hydrogens (tertiary/aromatic N) is 1. The molecule has 2 saturated heterocycles. The van der Waals surface area contributed by atoms with Crippen LogP contribution in [0.1, 0.15) is 58.8 Å². The molecule has 0 aromatic carbocycles. The third kappa shape index (κ3) is 4.19. The number of unbranched alkanes of at least 4 members (excludes halogenated alkanes) is 1. The van der Waals surface area contributed by atoms with Crippen molar-refractivity contribution >= 4 is 5.91 Å². The Bertz CT molecular complexity index is 302. The third-order valence-electron chi connectivity index (χ3n) is 4.75. The molecule has 2 aliphatic heterocycles. The Morgan fingerprint density at radius 2 is 2.10 bits per heavy atom. The summed E-state index contributed by atoms with van der Waals surface area (Å²) < 4.78 is 0. The molecule has 0 spiro atoms. The quantitative estimate of drug-likeness (QED) is 0.781. The smallest absolute Gasteiger partial charge is 0.237 e. The van der Waals surface area contributed by atoms with Crippen LogP contribution >= 0.6 is 0 Å². The van der Waals surface area contributed by atoms with Crippen molar-refractivity contribution in [2.75, 3.05) is 19.6 Å². The van der Waals surface area contributed by atoms with Crippen LogP contribution in [0.2, 0.25) is 0 Å². The van der Waals surface area contributed by atoms with Gasteiger partial charge in [0.1, 0.15) is 0 Å². The van der Waals surface area contributed by atoms with E-state index in [1.54, 1.807) is 0 Å². The van der Waals surface area contributed by atoms with Gasteiger partial charge in [0, 0.05) is 12.1 Å². The summed E-state index contributed by atoms with van der Waals surface area (Å²) in [7, 11) is 0. The van der Waals surface area contributed by atoms with Gasteiger partial charge >= 0.3 is 0 Å². The maximum absolute atomic E-state index is 12.5. The summed E-state index contributed by atoms with van der Waals surface area (Å²) in [5.74, 6) is 0.268. The Morgan fingerprint density at radius 1 is 1.35 bits per heavy atom. The Hall–Kier alpha value is -0.610. The first-order valence-corrected chi connectivity index (χ1v) is 8.49. The predicted octanol–water partition coefficient (Wildman–Crippen LogP) is 1.90. The number of rotatable bonds is 6. The fourth-order valence-corrected chi connectivity index (χ4v) is 3.57. The lowest BCUT2D eigenvalue weighted by Gasteiger charge is -2.35. The zero-order valence-corrected chi connectivity index (χ0v) is 13.2. The molecule has 2 unspecified atom stereocenters. The van der Waals surface area contributed by atoms with E-state index in [2.05, 4.69) is 29.4 Å². The fraction of sp³-hybridized carbons (Fsp3) is 0.938. The average molecular weight is 281 g/mol. The van der Waals surface area contributed by atoms with Crippen molar-refractivity contribution in [1.29, 1.82) is 0 Å². The van der Waals surface area contributed by atoms with Gasteiger partial charge in [-0.25, -0.2) is 0 Å². The molecule has 2 heterocycles. The fourth-order valence-electron chi connectivity index (χ4n) is 3.57. The van der Waals surface area contributed by atoms with Crippen LogP contribution in [-0.2, 0) is 4.79 Å². The lowest BCUT2D eigenvalue weighted by Crippen LogP contribution is -2.52. The summed E-state index contributed by atoms with van der Waals surface area (Å²) in [6.45, 7) is 7.64. The summed E-state index contributed by atoms with van der Waals surface area (Å²) in [5, 5.41) is 6.64. The van der Waals surface area contributed by atoms with Crippen molar-refractivity contribution in [2.45, 2.75) is 76.9 Å². The van der Waals surface area contributed by atoms with E-state index in [9.17, 15) is 4.79 Å². The van der Waals surface area contributed by atoms with Gasteiger partial charge < -0.3 is 10.6 Å². The maximum atomic E-state index is 12.5. The lowest BCUT2D eigenvalue weighted by atomic mass is 10.0. The molecule has 2 aliphatic rings. The van der Waals surface area contributed by atoms with Crippen LogP contribution in [0, 0.1) is 0 Å². The van der Waals surface area contributed by atoms with Gasteiger partial charge in [0.05, 0.1) is 6.04 Å². The molecule has 2 atom stereocenters. The highest BCUT2D eigenvalue weighted by atomic mass is 16.2. The molecule has 0 saturated carbocycles. The normalized spacial score (nSPS) is 26.6. The second-order valence-electron chi connectivity index (χ2n) is 6.43. The van der Waals surface area contributed by atoms with Gasteiger partial charge in [-0.3, -0.25) is 9.69 Å². The zero-order chi connectivity index (χ0) is 14.4. The van der Waals surface area contributed by atoms with Crippen molar-refractivity contribution in [1.82, 2.24) is 15.5 Å². The number of nitrogens with one attached hydrogen (secondary N) is 2. The molecule has 2 rings (SSSR count). The molecule has 0 aromatic rings. The number of hydrogen-bond acceptors (Lipinski definition) is 3. The lowest BCUT2D eigenvalue weighted by molar-refractivity contribution is -0.127. The van der Waals surface area contributed by atoms with E-state index < -0.39 is 0 Å². The molecule has 116 valence electrons. The molecule has 0 aromatic heterocycles. The van der Waals surface area contributed by atoms with E-state index in [4.69, 9.17) is 0 Å². The summed E-state index contributed by atoms with van der Waals surface area (Å²) in [6, 6.07) is 1.06. The average Bonchev–Trinajstić information content (AvgIpc) is 2.95. The maximum Gasteiger partial charge on any atom is 0.237 e. The van der Waals surface area contributed by atoms with Crippen molar-refractivity contribution in [3.8, 4) is 0 Å². The number of amides is 1. The van der Waals surface area contributed by atoms with Gasteiger partial charge in [-0.1, -0.05) is 19.8 Å². The molecule has 0 bridgehead atoms. The van der Waals surface area contributed by atoms with E-state index in [1.807, 2.05) is 0 Å². The highest BCUT2D eigenvalue weighted by Crippen LogP contribution is 2.24. The van der Waals surface area contributed by atoms with Gasteiger partial charge in [0.2, 0.25) is 5.91 Å². The summed E-state index contributed by atoms with van der Waals surface area (Å²) in [5.41, 5.74) is 0. The predicted molar refractivity (Wildman–Crippen MR) is 82.7 cm³/mol. The largest absolute Gasteiger partial charge is 0.352 e. The van der Waals surface area contributed by atoms with Crippen LogP contribution in [-0.4, -0.2) is 48.6 Å². The number of piperidine rings is 1. The molecule has 4 heteroatoms. The third-order valence-corrected chi connectivity index (χ3v) is 4.75. The molecular weight excluding hydrogens is 250 g/mol. The first-order valence-electron chi connectivity index (χ1n) is 8.49. The van der Waals surface area contributed by atoms with Crippen molar-refractivity contribution in [2.24, 2.45) is 0 Å². The van der Waals surface area contributed by atoms with Gasteiger partial charge in [-0.05, 0) is 58.7 Å². The van der Waals surface area contributed by atoms with Crippen LogP contribution < -0.4 is 10.6 Å². The van der Waals surface area contributed by atoms with Gasteiger partial charge in [0.25, 0.3) is 0 Å². The van der Waals surface area contributed by atoms with Crippen molar-refractivity contribution in [3.05, 3.63) is 0 Å². The Morgan fingerprint density at radius 3 is 2.80 bits per heavy atom. The van der Waals surface area contributed by atoms with E-state index >= 15 is 0 Å². The van der Waals surface area contributed by atoms with E-state index in [-0.39, 0.29) is 11.9 Å². The highest BCUT2D eigenvalue weighted by Gasteiger charge is 2.35. The summed E-state index contributed by atoms with van der Waals surface area (Å²) in [4.78, 5) is 15.0. The van der Waals surface area contributed by atoms with Crippen molar-refractivity contribution in [3.63, 3.8) is 0 Å². The van der Waals surface area contributed by atoms with E-state index in [0.29, 0.717) is 12.1 Å². The van der Waals surface area contributed by atoms with Crippen LogP contribution in [0.5, 0.6) is 0 Å². The Labute approximate surface area is 123 Å². The highest BCUT2D eigenvalue weighted by molar-refractivity contribution is 5.82. The number of hydrogen-bond donors (Lipinski definition) is 2. The summed E-state index contributed by atoms with van der Waals surface area (Å²) >= 11 is 0. The second kappa shape index (κ2) is 7.99. The van der Waals surface area contributed by atoms with Crippen LogP contribution in [0.25, 0.3) is 0 Å². The SMILES string of the molecule is CCCCC(C)NC(=O)C1CCCN1C1CCNCC1. The molecule has 2 N–H and O–H groups in total. The molecular formula is C16H31N3O. The van der Waals surface area contributed by atoms with E-state index in [1.165, 1.54) is 32.1 Å². The van der Waals surface area contributed by atoms with E-state index in [0.717, 1.165) is 32.5 Å². The van der Waals surface area contributed by atoms with Crippen LogP contribution in [0.3, 0.4) is 0 Å². The molecule has 0 radical (unpaired) electrons. The monoisotopic (exact) mass is 281 g/mol. The van der Waals surface area contributed by atoms with Gasteiger partial charge in [-0.2, -0.15) is 0 Å². The van der Waals surface area contributed by atoms with Gasteiger partial charge in [0.15, 0.2) is 0 Å². The number of carbonyl (C=O) groups excluding carboxylic acids is 1. The minimum Gasteiger partial charge on any atom is -0.352 e. The molecule has 2 fully saturated rings. The number of carbonyl (C=O) groups is 1. The molecule has 20 heavy (non-hydrogen) atoms. The molecule has 0 aliphatic carbocycles. The first-order chi connectivity index (χ1) is 9.72. The van der Waals surface area contributed by atoms with Crippen molar-refractivity contribution < 1.29 is 4.79 Å². The number of likely N-dealkylation sites (tertiary alicyclic amines) is 1. The topological polar surface area (TPSA) is 44.4 Å². The van der Waals surface area contributed by atoms with Crippen LogP contribution in [0.4, 0.5) is 0 Å². The Balaban J connectivity index is 1.84. The first kappa shape index (κ1) is 15.8. The minimum absolute atomic E-state index is 0.127. The molecule has 4 nitrogen and oxygen atoms in total. The second-order valence-corrected chi connectivity index (χ2v) is 6.43. The standard InChI is InChI=1S/C16H31N3O/c1-3-4-6-13(2)18-16(20)15-7-5-12-19(15)14-8-10-17-11-9-14/h13-15,17H,3-12H2,1-2H3,(H,18,20).